The van der Waals surface area contributed by atoms with Gasteiger partial charge in [-0.05, 0) is 82.5 Å². The van der Waals surface area contributed by atoms with E-state index < -0.39 is 22.8 Å². The first kappa shape index (κ1) is 31.9. The molecule has 2 amide bonds. The molecule has 3 heterocycles. The third kappa shape index (κ3) is 6.91. The standard InChI is InChI=1S/C32H38F3N7O3/c1-19-16-21(41-12-14-42(15-13-41)29(44)45-30(2,3)4)10-11-23(19)39-28-37-18-22(32(33,34)35)26(40-28)36-17-20-8-7-9-24-25(20)31(5,6)27(43)38-24/h7-11,16,18H,12-15,17H2,1-6H3,(H,38,43)(H2,36,37,39,40). The molecule has 5 rings (SSSR count). The first-order chi connectivity index (χ1) is 21.0. The molecule has 0 bridgehead atoms. The summed E-state index contributed by atoms with van der Waals surface area (Å²) < 4.78 is 47.3. The zero-order valence-corrected chi connectivity index (χ0v) is 26.2. The molecule has 0 unspecified atom stereocenters. The highest BCUT2D eigenvalue weighted by Crippen LogP contribution is 2.40. The van der Waals surface area contributed by atoms with Crippen LogP contribution in [-0.2, 0) is 27.7 Å². The normalized spacial score (nSPS) is 16.2. The molecular weight excluding hydrogens is 587 g/mol. The summed E-state index contributed by atoms with van der Waals surface area (Å²) in [4.78, 5) is 36.9. The van der Waals surface area contributed by atoms with Crippen molar-refractivity contribution in [3.8, 4) is 0 Å². The third-order valence-corrected chi connectivity index (χ3v) is 7.89. The van der Waals surface area contributed by atoms with Gasteiger partial charge in [-0.25, -0.2) is 9.78 Å². The number of aromatic nitrogens is 2. The number of hydrogen-bond acceptors (Lipinski definition) is 8. The lowest BCUT2D eigenvalue weighted by Gasteiger charge is -2.37. The number of nitrogens with one attached hydrogen (secondary N) is 3. The SMILES string of the molecule is Cc1cc(N2CCN(C(=O)OC(C)(C)C)CC2)ccc1Nc1ncc(C(F)(F)F)c(NCc2cccc3c2C(C)(C)C(=O)N3)n1. The van der Waals surface area contributed by atoms with E-state index in [0.717, 1.165) is 23.0 Å². The number of aryl methyl sites for hydroxylation is 1. The van der Waals surface area contributed by atoms with Crippen LogP contribution >= 0.6 is 0 Å². The molecule has 1 saturated heterocycles. The number of hydrogen-bond donors (Lipinski definition) is 3. The van der Waals surface area contributed by atoms with E-state index in [1.165, 1.54) is 0 Å². The Kier molecular flexibility index (Phi) is 8.32. The number of alkyl halides is 3. The van der Waals surface area contributed by atoms with Gasteiger partial charge in [0, 0.05) is 56.0 Å². The number of fused-ring (bicyclic) bond motifs is 1. The second-order valence-electron chi connectivity index (χ2n) is 12.8. The topological polar surface area (TPSA) is 112 Å². The van der Waals surface area contributed by atoms with E-state index in [0.29, 0.717) is 43.1 Å². The first-order valence-corrected chi connectivity index (χ1v) is 14.8. The molecule has 1 aromatic heterocycles. The quantitative estimate of drug-likeness (QED) is 0.287. The maximum atomic E-state index is 13.9. The number of benzene rings is 2. The highest BCUT2D eigenvalue weighted by atomic mass is 19.4. The van der Waals surface area contributed by atoms with E-state index in [9.17, 15) is 22.8 Å². The predicted octanol–water partition coefficient (Wildman–Crippen LogP) is 6.45. The van der Waals surface area contributed by atoms with Crippen molar-refractivity contribution in [2.24, 2.45) is 0 Å². The maximum absolute atomic E-state index is 13.9. The van der Waals surface area contributed by atoms with Crippen LogP contribution < -0.4 is 20.9 Å². The van der Waals surface area contributed by atoms with Crippen LogP contribution in [0.15, 0.2) is 42.6 Å². The molecule has 3 aromatic rings. The van der Waals surface area contributed by atoms with Crippen molar-refractivity contribution < 1.29 is 27.5 Å². The smallest absolute Gasteiger partial charge is 0.421 e. The van der Waals surface area contributed by atoms with Gasteiger partial charge in [0.25, 0.3) is 0 Å². The fourth-order valence-corrected chi connectivity index (χ4v) is 5.52. The van der Waals surface area contributed by atoms with Gasteiger partial charge in [-0.2, -0.15) is 18.2 Å². The molecule has 240 valence electrons. The van der Waals surface area contributed by atoms with Gasteiger partial charge in [-0.15, -0.1) is 0 Å². The molecule has 0 saturated carbocycles. The summed E-state index contributed by atoms with van der Waals surface area (Å²) in [5, 5.41) is 8.73. The Morgan fingerprint density at radius 1 is 1.09 bits per heavy atom. The Labute approximate surface area is 260 Å². The molecule has 1 fully saturated rings. The Bertz CT molecular complexity index is 1610. The summed E-state index contributed by atoms with van der Waals surface area (Å²) in [6.07, 6.45) is -4.25. The Morgan fingerprint density at radius 3 is 2.44 bits per heavy atom. The average molecular weight is 626 g/mol. The largest absolute Gasteiger partial charge is 0.444 e. The van der Waals surface area contributed by atoms with E-state index >= 15 is 0 Å². The van der Waals surface area contributed by atoms with Crippen molar-refractivity contribution in [2.75, 3.05) is 47.0 Å². The summed E-state index contributed by atoms with van der Waals surface area (Å²) in [7, 11) is 0. The number of amides is 2. The van der Waals surface area contributed by atoms with Crippen LogP contribution in [0.1, 0.15) is 56.9 Å². The average Bonchev–Trinajstić information content (AvgIpc) is 3.19. The predicted molar refractivity (Wildman–Crippen MR) is 167 cm³/mol. The van der Waals surface area contributed by atoms with Crippen LogP contribution in [0.2, 0.25) is 0 Å². The monoisotopic (exact) mass is 625 g/mol. The number of anilines is 5. The molecule has 0 atom stereocenters. The molecule has 0 radical (unpaired) electrons. The zero-order chi connectivity index (χ0) is 32.7. The molecule has 2 aliphatic rings. The fourth-order valence-electron chi connectivity index (χ4n) is 5.52. The molecule has 2 aromatic carbocycles. The van der Waals surface area contributed by atoms with Gasteiger partial charge in [0.2, 0.25) is 11.9 Å². The van der Waals surface area contributed by atoms with Crippen molar-refractivity contribution in [2.45, 2.75) is 65.3 Å². The van der Waals surface area contributed by atoms with E-state index in [1.807, 2.05) is 45.9 Å². The van der Waals surface area contributed by atoms with Crippen molar-refractivity contribution in [1.29, 1.82) is 0 Å². The van der Waals surface area contributed by atoms with Gasteiger partial charge in [-0.1, -0.05) is 12.1 Å². The van der Waals surface area contributed by atoms with Crippen LogP contribution in [0.3, 0.4) is 0 Å². The second kappa shape index (κ2) is 11.8. The summed E-state index contributed by atoms with van der Waals surface area (Å²) in [5.41, 5.74) is 2.16. The maximum Gasteiger partial charge on any atom is 0.421 e. The first-order valence-electron chi connectivity index (χ1n) is 14.8. The Morgan fingerprint density at radius 2 is 1.80 bits per heavy atom. The lowest BCUT2D eigenvalue weighted by Crippen LogP contribution is -2.50. The van der Waals surface area contributed by atoms with E-state index in [4.69, 9.17) is 4.74 Å². The van der Waals surface area contributed by atoms with Crippen LogP contribution in [0.25, 0.3) is 0 Å². The molecular formula is C32H38F3N7O3. The third-order valence-electron chi connectivity index (χ3n) is 7.89. The summed E-state index contributed by atoms with van der Waals surface area (Å²) >= 11 is 0. The molecule has 0 spiro atoms. The van der Waals surface area contributed by atoms with Gasteiger partial charge in [0.1, 0.15) is 17.0 Å². The minimum absolute atomic E-state index is 0.00258. The summed E-state index contributed by atoms with van der Waals surface area (Å²) in [6.45, 7) is 13.3. The highest BCUT2D eigenvalue weighted by molar-refractivity contribution is 6.06. The number of nitrogens with zero attached hydrogens (tertiary/aromatic N) is 4. The number of ether oxygens (including phenoxy) is 1. The van der Waals surface area contributed by atoms with Crippen molar-refractivity contribution in [3.63, 3.8) is 0 Å². The minimum Gasteiger partial charge on any atom is -0.444 e. The minimum atomic E-state index is -4.68. The zero-order valence-electron chi connectivity index (χ0n) is 26.2. The van der Waals surface area contributed by atoms with Crippen LogP contribution in [0, 0.1) is 6.92 Å². The van der Waals surface area contributed by atoms with Gasteiger partial charge in [0.05, 0.1) is 5.41 Å². The number of carbonyl (C=O) groups excluding carboxylic acids is 2. The van der Waals surface area contributed by atoms with Gasteiger partial charge in [0.15, 0.2) is 0 Å². The van der Waals surface area contributed by atoms with Crippen molar-refractivity contribution in [3.05, 3.63) is 64.8 Å². The molecule has 45 heavy (non-hydrogen) atoms. The molecule has 3 N–H and O–H groups in total. The van der Waals surface area contributed by atoms with E-state index in [2.05, 4.69) is 30.8 Å². The van der Waals surface area contributed by atoms with Gasteiger partial charge < -0.3 is 30.5 Å². The fraction of sp³-hybridized carbons (Fsp3) is 0.438. The number of piperazine rings is 1. The van der Waals surface area contributed by atoms with Crippen molar-refractivity contribution >= 4 is 40.8 Å². The Balaban J connectivity index is 1.30. The number of halogens is 3. The number of carbonyl (C=O) groups is 2. The van der Waals surface area contributed by atoms with Gasteiger partial charge >= 0.3 is 12.3 Å². The number of rotatable bonds is 6. The molecule has 0 aliphatic carbocycles. The molecule has 13 heteroatoms. The lowest BCUT2D eigenvalue weighted by atomic mass is 9.83. The molecule has 10 nitrogen and oxygen atoms in total. The van der Waals surface area contributed by atoms with E-state index in [-0.39, 0.29) is 30.3 Å². The van der Waals surface area contributed by atoms with Crippen LogP contribution in [0.4, 0.5) is 46.8 Å². The van der Waals surface area contributed by atoms with Gasteiger partial charge in [-0.3, -0.25) is 4.79 Å². The highest BCUT2D eigenvalue weighted by Gasteiger charge is 2.40. The lowest BCUT2D eigenvalue weighted by molar-refractivity contribution is -0.137. The summed E-state index contributed by atoms with van der Waals surface area (Å²) in [6, 6.07) is 11.0. The van der Waals surface area contributed by atoms with Crippen LogP contribution in [-0.4, -0.2) is 58.6 Å². The van der Waals surface area contributed by atoms with Crippen molar-refractivity contribution in [1.82, 2.24) is 14.9 Å². The second-order valence-corrected chi connectivity index (χ2v) is 12.8. The summed E-state index contributed by atoms with van der Waals surface area (Å²) in [5.74, 6) is -0.536. The Hall–Kier alpha value is -4.55. The molecule has 2 aliphatic heterocycles. The van der Waals surface area contributed by atoms with Crippen LogP contribution in [0.5, 0.6) is 0 Å². The van der Waals surface area contributed by atoms with E-state index in [1.54, 1.807) is 36.9 Å².